The van der Waals surface area contributed by atoms with Gasteiger partial charge < -0.3 is 24.5 Å². The van der Waals surface area contributed by atoms with Gasteiger partial charge in [-0.05, 0) is 37.1 Å². The van der Waals surface area contributed by atoms with Crippen LogP contribution in [0.25, 0.3) is 0 Å². The third-order valence-corrected chi connectivity index (χ3v) is 5.69. The molecule has 0 saturated carbocycles. The Hall–Kier alpha value is -4.18. The van der Waals surface area contributed by atoms with E-state index in [9.17, 15) is 10.1 Å². The predicted molar refractivity (Wildman–Crippen MR) is 124 cm³/mol. The van der Waals surface area contributed by atoms with Crippen LogP contribution in [0.2, 0.25) is 0 Å². The van der Waals surface area contributed by atoms with Crippen LogP contribution < -0.4 is 25.5 Å². The molecule has 1 aliphatic heterocycles. The summed E-state index contributed by atoms with van der Waals surface area (Å²) in [5.74, 6) is 0.740. The Labute approximate surface area is 192 Å². The van der Waals surface area contributed by atoms with Crippen molar-refractivity contribution in [3.63, 3.8) is 0 Å². The number of benzene rings is 2. The van der Waals surface area contributed by atoms with Crippen molar-refractivity contribution in [2.45, 2.75) is 26.3 Å². The number of fused-ring (bicyclic) bond motifs is 1. The second-order valence-corrected chi connectivity index (χ2v) is 7.71. The molecule has 2 N–H and O–H groups in total. The molecule has 0 unspecified atom stereocenters. The Morgan fingerprint density at radius 3 is 2.58 bits per heavy atom. The maximum atomic E-state index is 13.8. The Morgan fingerprint density at radius 1 is 1.15 bits per heavy atom. The van der Waals surface area contributed by atoms with E-state index < -0.39 is 5.92 Å². The zero-order valence-electron chi connectivity index (χ0n) is 18.8. The third-order valence-electron chi connectivity index (χ3n) is 5.69. The van der Waals surface area contributed by atoms with Crippen molar-refractivity contribution < 1.29 is 14.2 Å². The van der Waals surface area contributed by atoms with Crippen LogP contribution in [0.4, 0.5) is 0 Å². The van der Waals surface area contributed by atoms with Gasteiger partial charge in [0.05, 0.1) is 31.7 Å². The molecule has 2 heterocycles. The van der Waals surface area contributed by atoms with Gasteiger partial charge in [0.15, 0.2) is 11.5 Å². The molecule has 1 atom stereocenters. The van der Waals surface area contributed by atoms with E-state index in [1.807, 2.05) is 50.2 Å². The van der Waals surface area contributed by atoms with Crippen molar-refractivity contribution in [3.8, 4) is 23.3 Å². The zero-order valence-corrected chi connectivity index (χ0v) is 18.8. The first kappa shape index (κ1) is 22.0. The predicted octanol–water partition coefficient (Wildman–Crippen LogP) is 3.83. The van der Waals surface area contributed by atoms with Gasteiger partial charge in [-0.1, -0.05) is 36.4 Å². The van der Waals surface area contributed by atoms with Crippen molar-refractivity contribution in [2.24, 2.45) is 5.73 Å². The van der Waals surface area contributed by atoms with Crippen molar-refractivity contribution in [3.05, 3.63) is 98.8 Å². The van der Waals surface area contributed by atoms with Crippen molar-refractivity contribution in [2.75, 3.05) is 13.7 Å². The van der Waals surface area contributed by atoms with Gasteiger partial charge in [-0.25, -0.2) is 0 Å². The van der Waals surface area contributed by atoms with E-state index in [-0.39, 0.29) is 17.0 Å². The number of hydrogen-bond acceptors (Lipinski definition) is 6. The highest BCUT2D eigenvalue weighted by Gasteiger charge is 2.34. The minimum atomic E-state index is -0.696. The summed E-state index contributed by atoms with van der Waals surface area (Å²) >= 11 is 0. The summed E-state index contributed by atoms with van der Waals surface area (Å²) in [6, 6.07) is 19.0. The molecule has 1 aliphatic rings. The summed E-state index contributed by atoms with van der Waals surface area (Å²) in [4.78, 5) is 13.8. The number of aromatic nitrogens is 1. The minimum absolute atomic E-state index is 0.0116. The third kappa shape index (κ3) is 4.03. The lowest BCUT2D eigenvalue weighted by Crippen LogP contribution is -2.33. The summed E-state index contributed by atoms with van der Waals surface area (Å²) < 4.78 is 18.5. The molecule has 0 amide bonds. The molecule has 0 bridgehead atoms. The maximum Gasteiger partial charge on any atom is 0.259 e. The average molecular weight is 444 g/mol. The van der Waals surface area contributed by atoms with Gasteiger partial charge in [0.25, 0.3) is 5.56 Å². The number of allylic oxidation sites excluding steroid dienone is 1. The minimum Gasteiger partial charge on any atom is -0.493 e. The van der Waals surface area contributed by atoms with Crippen molar-refractivity contribution >= 4 is 0 Å². The molecular formula is C26H25N3O4. The molecule has 0 fully saturated rings. The monoisotopic (exact) mass is 443 g/mol. The van der Waals surface area contributed by atoms with E-state index in [0.29, 0.717) is 41.5 Å². The number of nitrogens with two attached hydrogens (primary N) is 1. The summed E-state index contributed by atoms with van der Waals surface area (Å²) in [6.45, 7) is 4.62. The van der Waals surface area contributed by atoms with Gasteiger partial charge in [-0.2, -0.15) is 5.26 Å². The Kier molecular flexibility index (Phi) is 6.09. The van der Waals surface area contributed by atoms with Crippen molar-refractivity contribution in [1.29, 1.82) is 5.26 Å². The molecule has 2 aromatic carbocycles. The van der Waals surface area contributed by atoms with Gasteiger partial charge in [0, 0.05) is 11.8 Å². The molecule has 0 spiro atoms. The number of aryl methyl sites for hydroxylation is 1. The molecule has 4 rings (SSSR count). The van der Waals surface area contributed by atoms with Crippen LogP contribution >= 0.6 is 0 Å². The van der Waals surface area contributed by atoms with Crippen molar-refractivity contribution in [1.82, 2.24) is 4.57 Å². The first-order chi connectivity index (χ1) is 16.0. The van der Waals surface area contributed by atoms with Gasteiger partial charge in [-0.15, -0.1) is 0 Å². The van der Waals surface area contributed by atoms with Crippen LogP contribution in [-0.2, 0) is 6.54 Å². The number of nitrogens with zero attached hydrogens (tertiary/aromatic N) is 2. The van der Waals surface area contributed by atoms with E-state index in [1.54, 1.807) is 29.9 Å². The van der Waals surface area contributed by atoms with E-state index in [1.165, 1.54) is 0 Å². The highest BCUT2D eigenvalue weighted by atomic mass is 16.5. The molecule has 0 radical (unpaired) electrons. The Bertz CT molecular complexity index is 1320. The molecule has 1 aromatic heterocycles. The van der Waals surface area contributed by atoms with Crippen LogP contribution in [-0.4, -0.2) is 18.3 Å². The number of methoxy groups -OCH3 is 1. The molecule has 7 nitrogen and oxygen atoms in total. The molecular weight excluding hydrogens is 418 g/mol. The largest absolute Gasteiger partial charge is 0.493 e. The average Bonchev–Trinajstić information content (AvgIpc) is 2.82. The molecule has 0 aliphatic carbocycles. The van der Waals surface area contributed by atoms with Gasteiger partial charge in [-0.3, -0.25) is 4.79 Å². The fourth-order valence-electron chi connectivity index (χ4n) is 4.12. The summed E-state index contributed by atoms with van der Waals surface area (Å²) in [6.07, 6.45) is 0. The molecule has 7 heteroatoms. The van der Waals surface area contributed by atoms with E-state index in [2.05, 4.69) is 6.07 Å². The number of nitriles is 1. The van der Waals surface area contributed by atoms with E-state index in [0.717, 1.165) is 11.3 Å². The van der Waals surface area contributed by atoms with Crippen LogP contribution in [0.5, 0.6) is 17.2 Å². The summed E-state index contributed by atoms with van der Waals surface area (Å²) in [5, 5.41) is 9.90. The van der Waals surface area contributed by atoms with Crippen LogP contribution in [0.1, 0.15) is 35.2 Å². The SMILES string of the molecule is CCOc1ccc([C@H]2C(C#N)=C(N)Oc3cc(C)n(Cc4ccccc4)c(=O)c32)cc1OC. The Morgan fingerprint density at radius 2 is 1.91 bits per heavy atom. The van der Waals surface area contributed by atoms with Gasteiger partial charge in [0.2, 0.25) is 5.88 Å². The number of hydrogen-bond donors (Lipinski definition) is 1. The topological polar surface area (TPSA) is 99.5 Å². The highest BCUT2D eigenvalue weighted by molar-refractivity contribution is 5.57. The summed E-state index contributed by atoms with van der Waals surface area (Å²) in [5.41, 5.74) is 8.85. The number of pyridine rings is 1. The van der Waals surface area contributed by atoms with E-state index >= 15 is 0 Å². The smallest absolute Gasteiger partial charge is 0.259 e. The first-order valence-corrected chi connectivity index (χ1v) is 10.6. The van der Waals surface area contributed by atoms with Crippen LogP contribution in [0.15, 0.2) is 70.8 Å². The second kappa shape index (κ2) is 9.13. The quantitative estimate of drug-likeness (QED) is 0.622. The van der Waals surface area contributed by atoms with Gasteiger partial charge >= 0.3 is 0 Å². The molecule has 0 saturated heterocycles. The Balaban J connectivity index is 1.91. The number of rotatable bonds is 6. The standard InChI is InChI=1S/C26H25N3O4/c1-4-32-20-11-10-18(13-21(20)31-3)23-19(14-27)25(28)33-22-12-16(2)29(26(30)24(22)23)15-17-8-6-5-7-9-17/h5-13,23H,4,15,28H2,1-3H3/t23-/m0/s1. The molecule has 3 aromatic rings. The molecule has 33 heavy (non-hydrogen) atoms. The number of ether oxygens (including phenoxy) is 3. The lowest BCUT2D eigenvalue weighted by molar-refractivity contribution is 0.310. The maximum absolute atomic E-state index is 13.8. The second-order valence-electron chi connectivity index (χ2n) is 7.71. The fraction of sp³-hybridized carbons (Fsp3) is 0.231. The normalized spacial score (nSPS) is 14.8. The highest BCUT2D eigenvalue weighted by Crippen LogP contribution is 2.42. The first-order valence-electron chi connectivity index (χ1n) is 10.6. The van der Waals surface area contributed by atoms with E-state index in [4.69, 9.17) is 19.9 Å². The lowest BCUT2D eigenvalue weighted by Gasteiger charge is -2.27. The fourth-order valence-corrected chi connectivity index (χ4v) is 4.12. The van der Waals surface area contributed by atoms with Crippen LogP contribution in [0, 0.1) is 18.3 Å². The van der Waals surface area contributed by atoms with Gasteiger partial charge in [0.1, 0.15) is 17.4 Å². The zero-order chi connectivity index (χ0) is 23.5. The van der Waals surface area contributed by atoms with Crippen LogP contribution in [0.3, 0.4) is 0 Å². The molecule has 168 valence electrons. The lowest BCUT2D eigenvalue weighted by atomic mass is 9.84. The summed E-state index contributed by atoms with van der Waals surface area (Å²) in [7, 11) is 1.55.